The molecule has 0 aliphatic carbocycles. The number of carbonyl (C=O) groups is 1. The third-order valence-electron chi connectivity index (χ3n) is 3.53. The topological polar surface area (TPSA) is 98.5 Å². The highest BCUT2D eigenvalue weighted by Gasteiger charge is 2.14. The zero-order chi connectivity index (χ0) is 17.1. The van der Waals surface area contributed by atoms with Gasteiger partial charge in [0.25, 0.3) is 5.91 Å². The van der Waals surface area contributed by atoms with Gasteiger partial charge in [-0.25, -0.2) is 9.97 Å². The van der Waals surface area contributed by atoms with E-state index < -0.39 is 0 Å². The Morgan fingerprint density at radius 3 is 2.84 bits per heavy atom. The van der Waals surface area contributed by atoms with Crippen LogP contribution in [0.1, 0.15) is 16.2 Å². The van der Waals surface area contributed by atoms with Gasteiger partial charge in [0.15, 0.2) is 11.5 Å². The maximum Gasteiger partial charge on any atom is 0.271 e. The molecule has 2 aromatic heterocycles. The van der Waals surface area contributed by atoms with Crippen LogP contribution in [0.4, 0.5) is 11.5 Å². The van der Waals surface area contributed by atoms with Gasteiger partial charge in [-0.1, -0.05) is 0 Å². The van der Waals surface area contributed by atoms with Crippen LogP contribution in [0, 0.1) is 0 Å². The first kappa shape index (κ1) is 15.0. The Labute approximate surface area is 142 Å². The summed E-state index contributed by atoms with van der Waals surface area (Å²) in [5, 5.41) is 5.81. The SMILES string of the molecule is O=C(NCc1ccco1)c1cnc(Nc2ccc3c(c2)OCO3)cn1. The van der Waals surface area contributed by atoms with Crippen LogP contribution >= 0.6 is 0 Å². The van der Waals surface area contributed by atoms with E-state index in [1.165, 1.54) is 12.4 Å². The van der Waals surface area contributed by atoms with Gasteiger partial charge in [0.2, 0.25) is 6.79 Å². The first-order chi connectivity index (χ1) is 12.3. The molecule has 1 aromatic carbocycles. The van der Waals surface area contributed by atoms with E-state index in [-0.39, 0.29) is 18.4 Å². The van der Waals surface area contributed by atoms with E-state index in [1.807, 2.05) is 18.2 Å². The fraction of sp³-hybridized carbons (Fsp3) is 0.118. The average molecular weight is 338 g/mol. The average Bonchev–Trinajstić information content (AvgIpc) is 3.31. The molecule has 0 unspecified atom stereocenters. The zero-order valence-corrected chi connectivity index (χ0v) is 13.1. The van der Waals surface area contributed by atoms with E-state index in [0.717, 1.165) is 5.69 Å². The normalized spacial score (nSPS) is 12.0. The fourth-order valence-electron chi connectivity index (χ4n) is 2.30. The highest BCUT2D eigenvalue weighted by molar-refractivity contribution is 5.91. The summed E-state index contributed by atoms with van der Waals surface area (Å²) in [5.41, 5.74) is 1.01. The molecule has 8 nitrogen and oxygen atoms in total. The Bertz CT molecular complexity index is 878. The monoisotopic (exact) mass is 338 g/mol. The van der Waals surface area contributed by atoms with Crippen LogP contribution in [-0.2, 0) is 6.54 Å². The lowest BCUT2D eigenvalue weighted by molar-refractivity contribution is 0.0942. The molecule has 126 valence electrons. The van der Waals surface area contributed by atoms with Gasteiger partial charge in [0, 0.05) is 11.8 Å². The Morgan fingerprint density at radius 2 is 2.04 bits per heavy atom. The molecule has 2 N–H and O–H groups in total. The number of rotatable bonds is 5. The Kier molecular flexibility index (Phi) is 3.91. The van der Waals surface area contributed by atoms with E-state index in [1.54, 1.807) is 18.4 Å². The second-order valence-electron chi connectivity index (χ2n) is 5.24. The number of fused-ring (bicyclic) bond motifs is 1. The fourth-order valence-corrected chi connectivity index (χ4v) is 2.30. The molecule has 0 saturated carbocycles. The van der Waals surface area contributed by atoms with Crippen molar-refractivity contribution in [3.8, 4) is 11.5 Å². The number of anilines is 2. The van der Waals surface area contributed by atoms with Crippen molar-refractivity contribution in [1.29, 1.82) is 0 Å². The number of nitrogens with zero attached hydrogens (tertiary/aromatic N) is 2. The Balaban J connectivity index is 1.39. The molecule has 3 heterocycles. The maximum atomic E-state index is 12.0. The number of hydrogen-bond donors (Lipinski definition) is 2. The number of aromatic nitrogens is 2. The predicted molar refractivity (Wildman–Crippen MR) is 87.8 cm³/mol. The lowest BCUT2D eigenvalue weighted by Gasteiger charge is -2.07. The van der Waals surface area contributed by atoms with Crippen LogP contribution in [0.3, 0.4) is 0 Å². The summed E-state index contributed by atoms with van der Waals surface area (Å²) in [5.74, 6) is 2.24. The minimum absolute atomic E-state index is 0.223. The minimum Gasteiger partial charge on any atom is -0.467 e. The van der Waals surface area contributed by atoms with Gasteiger partial charge in [-0.2, -0.15) is 0 Å². The van der Waals surface area contributed by atoms with Gasteiger partial charge in [0.05, 0.1) is 25.2 Å². The first-order valence-corrected chi connectivity index (χ1v) is 7.57. The zero-order valence-electron chi connectivity index (χ0n) is 13.1. The predicted octanol–water partition coefficient (Wildman–Crippen LogP) is 2.47. The van der Waals surface area contributed by atoms with Gasteiger partial charge in [-0.05, 0) is 24.3 Å². The minimum atomic E-state index is -0.321. The molecule has 0 spiro atoms. The molecule has 0 fully saturated rings. The maximum absolute atomic E-state index is 12.0. The van der Waals surface area contributed by atoms with E-state index >= 15 is 0 Å². The molecule has 1 aliphatic heterocycles. The van der Waals surface area contributed by atoms with Crippen LogP contribution < -0.4 is 20.1 Å². The smallest absolute Gasteiger partial charge is 0.271 e. The Morgan fingerprint density at radius 1 is 1.12 bits per heavy atom. The molecule has 1 aliphatic rings. The van der Waals surface area contributed by atoms with Crippen molar-refractivity contribution in [2.24, 2.45) is 0 Å². The van der Waals surface area contributed by atoms with Crippen molar-refractivity contribution in [3.05, 3.63) is 60.4 Å². The van der Waals surface area contributed by atoms with E-state index in [4.69, 9.17) is 13.9 Å². The number of amides is 1. The van der Waals surface area contributed by atoms with Crippen molar-refractivity contribution in [2.75, 3.05) is 12.1 Å². The lowest BCUT2D eigenvalue weighted by atomic mass is 10.3. The van der Waals surface area contributed by atoms with Crippen molar-refractivity contribution in [2.45, 2.75) is 6.54 Å². The van der Waals surface area contributed by atoms with Crippen molar-refractivity contribution in [1.82, 2.24) is 15.3 Å². The molecule has 3 aromatic rings. The standard InChI is InChI=1S/C17H14N4O4/c22-17(20-7-12-2-1-5-23-12)13-8-19-16(9-18-13)21-11-3-4-14-15(6-11)25-10-24-14/h1-6,8-9H,7,10H2,(H,19,21)(H,20,22). The number of nitrogens with one attached hydrogen (secondary N) is 2. The lowest BCUT2D eigenvalue weighted by Crippen LogP contribution is -2.23. The highest BCUT2D eigenvalue weighted by atomic mass is 16.7. The number of carbonyl (C=O) groups excluding carboxylic acids is 1. The molecular weight excluding hydrogens is 324 g/mol. The third-order valence-corrected chi connectivity index (χ3v) is 3.53. The van der Waals surface area contributed by atoms with E-state index in [2.05, 4.69) is 20.6 Å². The summed E-state index contributed by atoms with van der Waals surface area (Å²) in [7, 11) is 0. The van der Waals surface area contributed by atoms with E-state index in [9.17, 15) is 4.79 Å². The van der Waals surface area contributed by atoms with Crippen LogP contribution in [-0.4, -0.2) is 22.7 Å². The van der Waals surface area contributed by atoms with Gasteiger partial charge < -0.3 is 24.5 Å². The van der Waals surface area contributed by atoms with Gasteiger partial charge in [0.1, 0.15) is 17.3 Å². The second-order valence-corrected chi connectivity index (χ2v) is 5.24. The highest BCUT2D eigenvalue weighted by Crippen LogP contribution is 2.34. The van der Waals surface area contributed by atoms with Crippen molar-refractivity contribution < 1.29 is 18.7 Å². The van der Waals surface area contributed by atoms with Gasteiger partial charge >= 0.3 is 0 Å². The van der Waals surface area contributed by atoms with Crippen molar-refractivity contribution in [3.63, 3.8) is 0 Å². The van der Waals surface area contributed by atoms with Crippen LogP contribution in [0.5, 0.6) is 11.5 Å². The Hall–Kier alpha value is -3.55. The second kappa shape index (κ2) is 6.52. The van der Waals surface area contributed by atoms with E-state index in [0.29, 0.717) is 29.6 Å². The summed E-state index contributed by atoms with van der Waals surface area (Å²) in [6, 6.07) is 9.02. The van der Waals surface area contributed by atoms with Gasteiger partial charge in [-0.15, -0.1) is 0 Å². The summed E-state index contributed by atoms with van der Waals surface area (Å²) in [4.78, 5) is 20.4. The number of ether oxygens (including phenoxy) is 2. The summed E-state index contributed by atoms with van der Waals surface area (Å²) in [6.45, 7) is 0.519. The molecule has 0 saturated heterocycles. The molecule has 1 amide bonds. The number of furan rings is 1. The van der Waals surface area contributed by atoms with Crippen LogP contribution in [0.25, 0.3) is 0 Å². The molecule has 4 rings (SSSR count). The van der Waals surface area contributed by atoms with Gasteiger partial charge in [-0.3, -0.25) is 4.79 Å². The molecular formula is C17H14N4O4. The van der Waals surface area contributed by atoms with Crippen LogP contribution in [0.15, 0.2) is 53.4 Å². The molecule has 0 radical (unpaired) electrons. The quantitative estimate of drug-likeness (QED) is 0.737. The molecule has 8 heteroatoms. The summed E-state index contributed by atoms with van der Waals surface area (Å²) >= 11 is 0. The largest absolute Gasteiger partial charge is 0.467 e. The van der Waals surface area contributed by atoms with Crippen molar-refractivity contribution >= 4 is 17.4 Å². The molecule has 0 atom stereocenters. The molecule has 25 heavy (non-hydrogen) atoms. The number of hydrogen-bond acceptors (Lipinski definition) is 7. The summed E-state index contributed by atoms with van der Waals surface area (Å²) in [6.07, 6.45) is 4.46. The summed E-state index contributed by atoms with van der Waals surface area (Å²) < 4.78 is 15.7. The molecule has 0 bridgehead atoms. The van der Waals surface area contributed by atoms with Crippen LogP contribution in [0.2, 0.25) is 0 Å². The number of benzene rings is 1. The first-order valence-electron chi connectivity index (χ1n) is 7.57. The third kappa shape index (κ3) is 3.37.